The van der Waals surface area contributed by atoms with Gasteiger partial charge in [0.2, 0.25) is 0 Å². The summed E-state index contributed by atoms with van der Waals surface area (Å²) >= 11 is 6.38. The summed E-state index contributed by atoms with van der Waals surface area (Å²) in [6.07, 6.45) is 2.23. The predicted molar refractivity (Wildman–Crippen MR) is 148 cm³/mol. The molecule has 0 aliphatic carbocycles. The zero-order valence-electron chi connectivity index (χ0n) is 20.5. The number of fused-ring (bicyclic) bond motifs is 2. The fourth-order valence-electron chi connectivity index (χ4n) is 5.38. The number of benzene rings is 2. The van der Waals surface area contributed by atoms with Gasteiger partial charge in [-0.2, -0.15) is 0 Å². The number of rotatable bonds is 5. The highest BCUT2D eigenvalue weighted by molar-refractivity contribution is 6.31. The molecule has 6 rings (SSSR count). The average molecular weight is 506 g/mol. The molecule has 0 unspecified atom stereocenters. The van der Waals surface area contributed by atoms with Crippen molar-refractivity contribution in [3.8, 4) is 11.4 Å². The second-order valence-electron chi connectivity index (χ2n) is 10.0. The third-order valence-electron chi connectivity index (χ3n) is 7.57. The Morgan fingerprint density at radius 1 is 1.03 bits per heavy atom. The van der Waals surface area contributed by atoms with Crippen LogP contribution in [0, 0.1) is 5.92 Å². The van der Waals surface area contributed by atoms with Gasteiger partial charge in [-0.15, -0.1) is 0 Å². The van der Waals surface area contributed by atoms with E-state index < -0.39 is 0 Å². The summed E-state index contributed by atoms with van der Waals surface area (Å²) in [6.45, 7) is 6.95. The molecule has 8 nitrogen and oxygen atoms in total. The number of anilines is 2. The van der Waals surface area contributed by atoms with Crippen molar-refractivity contribution in [2.24, 2.45) is 5.92 Å². The molecule has 0 bridgehead atoms. The molecule has 2 aliphatic heterocycles. The van der Waals surface area contributed by atoms with Gasteiger partial charge >= 0.3 is 0 Å². The minimum atomic E-state index is -0.170. The summed E-state index contributed by atoms with van der Waals surface area (Å²) in [4.78, 5) is 29.5. The van der Waals surface area contributed by atoms with Crippen LogP contribution in [0.3, 0.4) is 0 Å². The molecule has 2 aromatic heterocycles. The number of halogens is 1. The Kier molecular flexibility index (Phi) is 6.33. The van der Waals surface area contributed by atoms with E-state index in [4.69, 9.17) is 16.6 Å². The molecule has 2 aliphatic rings. The van der Waals surface area contributed by atoms with Crippen LogP contribution in [-0.2, 0) is 0 Å². The molecule has 2 fully saturated rings. The summed E-state index contributed by atoms with van der Waals surface area (Å²) in [5.41, 5.74) is 4.85. The van der Waals surface area contributed by atoms with Crippen molar-refractivity contribution in [2.45, 2.75) is 12.8 Å². The normalized spacial score (nSPS) is 17.8. The summed E-state index contributed by atoms with van der Waals surface area (Å²) in [5.74, 6) is 1.12. The molecule has 9 heteroatoms. The fourth-order valence-corrected chi connectivity index (χ4v) is 5.56. The summed E-state index contributed by atoms with van der Waals surface area (Å²) in [5, 5.41) is 8.57. The Morgan fingerprint density at radius 2 is 1.83 bits per heavy atom. The highest BCUT2D eigenvalue weighted by Gasteiger charge is 2.21. The number of nitrogens with zero attached hydrogens (tertiary/aromatic N) is 3. The molecule has 2 aromatic carbocycles. The smallest absolute Gasteiger partial charge is 0.261 e. The van der Waals surface area contributed by atoms with Crippen LogP contribution in [0.2, 0.25) is 5.02 Å². The van der Waals surface area contributed by atoms with Crippen LogP contribution < -0.4 is 21.1 Å². The van der Waals surface area contributed by atoms with Gasteiger partial charge in [-0.1, -0.05) is 11.6 Å². The van der Waals surface area contributed by atoms with Crippen molar-refractivity contribution in [3.63, 3.8) is 0 Å². The zero-order valence-corrected chi connectivity index (χ0v) is 21.3. The third kappa shape index (κ3) is 4.56. The Morgan fingerprint density at radius 3 is 2.64 bits per heavy atom. The number of pyridine rings is 1. The lowest BCUT2D eigenvalue weighted by Crippen LogP contribution is -2.44. The predicted octanol–water partition coefficient (Wildman–Crippen LogP) is 3.89. The van der Waals surface area contributed by atoms with Gasteiger partial charge < -0.3 is 30.4 Å². The number of imidazole rings is 1. The number of likely N-dealkylation sites (N-methyl/N-ethyl adjacent to an activating group) is 1. The molecule has 188 valence electrons. The average Bonchev–Trinajstić information content (AvgIpc) is 3.31. The van der Waals surface area contributed by atoms with Gasteiger partial charge in [0.15, 0.2) is 0 Å². The van der Waals surface area contributed by atoms with Crippen LogP contribution in [0.1, 0.15) is 12.8 Å². The SMILES string of the molecule is CN1CCN(c2ccc3nc(-c4c(NCC5CCNCC5)c5cc(Cl)ccc5[nH]c4=O)[nH]c3c2)CC1. The maximum absolute atomic E-state index is 13.4. The second kappa shape index (κ2) is 9.76. The Hall–Kier alpha value is -3.07. The number of piperazine rings is 1. The first-order valence-electron chi connectivity index (χ1n) is 12.8. The Balaban J connectivity index is 1.41. The Bertz CT molecular complexity index is 1450. The van der Waals surface area contributed by atoms with E-state index in [1.54, 1.807) is 6.07 Å². The molecule has 36 heavy (non-hydrogen) atoms. The van der Waals surface area contributed by atoms with Gasteiger partial charge in [0.1, 0.15) is 11.4 Å². The van der Waals surface area contributed by atoms with Gasteiger partial charge in [-0.25, -0.2) is 4.98 Å². The van der Waals surface area contributed by atoms with Gasteiger partial charge in [-0.3, -0.25) is 4.79 Å². The number of nitrogens with one attached hydrogen (secondary N) is 4. The van der Waals surface area contributed by atoms with Gasteiger partial charge in [0, 0.05) is 48.8 Å². The number of hydrogen-bond acceptors (Lipinski definition) is 6. The lowest BCUT2D eigenvalue weighted by atomic mass is 9.97. The van der Waals surface area contributed by atoms with Crippen molar-refractivity contribution in [3.05, 3.63) is 51.8 Å². The molecular weight excluding hydrogens is 474 g/mol. The molecule has 0 radical (unpaired) electrons. The van der Waals surface area contributed by atoms with E-state index in [0.717, 1.165) is 86.3 Å². The van der Waals surface area contributed by atoms with E-state index in [9.17, 15) is 4.79 Å². The van der Waals surface area contributed by atoms with E-state index in [1.807, 2.05) is 18.2 Å². The zero-order chi connectivity index (χ0) is 24.6. The van der Waals surface area contributed by atoms with Crippen LogP contribution in [0.5, 0.6) is 0 Å². The quantitative estimate of drug-likeness (QED) is 0.329. The standard InChI is InChI=1S/C27H32ClN7O/c1-34-10-12-35(13-11-34)19-3-5-22-23(15-19)32-26(31-22)24-25(30-16-17-6-8-29-9-7-17)20-14-18(28)2-4-21(20)33-27(24)36/h2-5,14-15,17,29H,6-13,16H2,1H3,(H,31,32)(H2,30,33,36). The molecule has 0 atom stereocenters. The maximum atomic E-state index is 13.4. The number of aromatic amines is 2. The van der Waals surface area contributed by atoms with Crippen LogP contribution in [0.25, 0.3) is 33.3 Å². The minimum absolute atomic E-state index is 0.170. The van der Waals surface area contributed by atoms with E-state index in [2.05, 4.69) is 49.6 Å². The van der Waals surface area contributed by atoms with E-state index >= 15 is 0 Å². The summed E-state index contributed by atoms with van der Waals surface area (Å²) < 4.78 is 0. The fraction of sp³-hybridized carbons (Fsp3) is 0.407. The van der Waals surface area contributed by atoms with Crippen molar-refractivity contribution in [1.82, 2.24) is 25.2 Å². The second-order valence-corrected chi connectivity index (χ2v) is 10.5. The number of hydrogen-bond donors (Lipinski definition) is 4. The number of H-pyrrole nitrogens is 2. The molecule has 0 amide bonds. The monoisotopic (exact) mass is 505 g/mol. The number of piperidine rings is 1. The summed E-state index contributed by atoms with van der Waals surface area (Å²) in [6, 6.07) is 11.9. The molecular formula is C27H32ClN7O. The van der Waals surface area contributed by atoms with Crippen molar-refractivity contribution < 1.29 is 0 Å². The maximum Gasteiger partial charge on any atom is 0.261 e. The van der Waals surface area contributed by atoms with Crippen LogP contribution >= 0.6 is 11.6 Å². The molecule has 2 saturated heterocycles. The van der Waals surface area contributed by atoms with Gasteiger partial charge in [-0.05, 0) is 75.3 Å². The first-order valence-corrected chi connectivity index (χ1v) is 13.2. The van der Waals surface area contributed by atoms with Crippen LogP contribution in [0.4, 0.5) is 11.4 Å². The van der Waals surface area contributed by atoms with E-state index in [1.165, 1.54) is 5.69 Å². The lowest BCUT2D eigenvalue weighted by molar-refractivity contribution is 0.313. The van der Waals surface area contributed by atoms with Crippen molar-refractivity contribution in [2.75, 3.05) is 63.1 Å². The van der Waals surface area contributed by atoms with Crippen molar-refractivity contribution >= 4 is 44.9 Å². The van der Waals surface area contributed by atoms with E-state index in [0.29, 0.717) is 22.3 Å². The summed E-state index contributed by atoms with van der Waals surface area (Å²) in [7, 11) is 2.16. The minimum Gasteiger partial charge on any atom is -0.383 e. The lowest BCUT2D eigenvalue weighted by Gasteiger charge is -2.34. The van der Waals surface area contributed by atoms with Crippen molar-refractivity contribution in [1.29, 1.82) is 0 Å². The molecule has 0 spiro atoms. The first kappa shape index (κ1) is 23.3. The van der Waals surface area contributed by atoms with E-state index in [-0.39, 0.29) is 5.56 Å². The molecule has 0 saturated carbocycles. The molecule has 4 N–H and O–H groups in total. The highest BCUT2D eigenvalue weighted by atomic mass is 35.5. The topological polar surface area (TPSA) is 92.1 Å². The van der Waals surface area contributed by atoms with Crippen LogP contribution in [-0.4, -0.2) is 72.7 Å². The highest BCUT2D eigenvalue weighted by Crippen LogP contribution is 2.33. The third-order valence-corrected chi connectivity index (χ3v) is 7.81. The Labute approximate surface area is 215 Å². The van der Waals surface area contributed by atoms with Gasteiger partial charge in [0.05, 0.1) is 22.2 Å². The molecule has 4 heterocycles. The molecule has 4 aromatic rings. The number of aromatic nitrogens is 3. The first-order chi connectivity index (χ1) is 17.5. The van der Waals surface area contributed by atoms with Gasteiger partial charge in [0.25, 0.3) is 5.56 Å². The van der Waals surface area contributed by atoms with Crippen LogP contribution in [0.15, 0.2) is 41.2 Å². The largest absolute Gasteiger partial charge is 0.383 e.